The van der Waals surface area contributed by atoms with Crippen LogP contribution in [0.5, 0.6) is 5.75 Å². The first-order valence-corrected chi connectivity index (χ1v) is 5.59. The van der Waals surface area contributed by atoms with Crippen molar-refractivity contribution in [1.82, 2.24) is 0 Å². The number of rotatable bonds is 3. The van der Waals surface area contributed by atoms with Gasteiger partial charge in [-0.05, 0) is 29.7 Å². The molecule has 0 spiro atoms. The standard InChI is InChI=1S/C15H14NO2/c1-10-13(11-6-4-3-5-7-11)8-12(18-2)9-14(10)15(16)17/h3-8H,1-2H3,(H2,16,17). The molecule has 2 N–H and O–H groups in total. The smallest absolute Gasteiger partial charge is 0.249 e. The summed E-state index contributed by atoms with van der Waals surface area (Å²) in [7, 11) is 1.54. The molecule has 2 aromatic carbocycles. The van der Waals surface area contributed by atoms with Gasteiger partial charge in [0.15, 0.2) is 0 Å². The molecule has 3 heteroatoms. The second-order valence-corrected chi connectivity index (χ2v) is 3.98. The molecule has 3 nitrogen and oxygen atoms in total. The van der Waals surface area contributed by atoms with Gasteiger partial charge in [-0.3, -0.25) is 4.79 Å². The number of hydrogen-bond acceptors (Lipinski definition) is 2. The Morgan fingerprint density at radius 1 is 1.28 bits per heavy atom. The molecule has 0 saturated heterocycles. The number of amides is 1. The van der Waals surface area contributed by atoms with Gasteiger partial charge in [-0.2, -0.15) is 0 Å². The lowest BCUT2D eigenvalue weighted by molar-refractivity contribution is 0.0999. The molecule has 1 radical (unpaired) electrons. The number of nitrogens with two attached hydrogens (primary N) is 1. The summed E-state index contributed by atoms with van der Waals surface area (Å²) in [5, 5.41) is 0. The van der Waals surface area contributed by atoms with Gasteiger partial charge in [0.05, 0.1) is 12.7 Å². The molecule has 0 saturated carbocycles. The van der Waals surface area contributed by atoms with E-state index >= 15 is 0 Å². The van der Waals surface area contributed by atoms with Crippen LogP contribution in [0.15, 0.2) is 36.4 Å². The predicted molar refractivity (Wildman–Crippen MR) is 70.5 cm³/mol. The Morgan fingerprint density at radius 2 is 1.94 bits per heavy atom. The van der Waals surface area contributed by atoms with Crippen molar-refractivity contribution in [3.05, 3.63) is 53.6 Å². The summed E-state index contributed by atoms with van der Waals surface area (Å²) in [6.45, 7) is 1.86. The molecule has 1 amide bonds. The zero-order valence-corrected chi connectivity index (χ0v) is 10.4. The van der Waals surface area contributed by atoms with Crippen molar-refractivity contribution in [2.45, 2.75) is 6.92 Å². The summed E-state index contributed by atoms with van der Waals surface area (Å²) in [6, 6.07) is 14.5. The van der Waals surface area contributed by atoms with E-state index in [1.54, 1.807) is 7.11 Å². The fourth-order valence-corrected chi connectivity index (χ4v) is 1.90. The third-order valence-corrected chi connectivity index (χ3v) is 2.85. The zero-order chi connectivity index (χ0) is 13.1. The largest absolute Gasteiger partial charge is 0.496 e. The molecule has 0 heterocycles. The summed E-state index contributed by atoms with van der Waals surface area (Å²) >= 11 is 0. The maximum Gasteiger partial charge on any atom is 0.249 e. The third kappa shape index (κ3) is 2.20. The Bertz CT molecular complexity index is 577. The van der Waals surface area contributed by atoms with E-state index in [0.717, 1.165) is 16.7 Å². The van der Waals surface area contributed by atoms with Gasteiger partial charge in [-0.25, -0.2) is 0 Å². The lowest BCUT2D eigenvalue weighted by Gasteiger charge is -2.11. The van der Waals surface area contributed by atoms with Crippen molar-refractivity contribution in [3.63, 3.8) is 0 Å². The van der Waals surface area contributed by atoms with Gasteiger partial charge in [-0.15, -0.1) is 0 Å². The molecule has 0 aliphatic heterocycles. The van der Waals surface area contributed by atoms with Crippen molar-refractivity contribution in [3.8, 4) is 16.9 Å². The average Bonchev–Trinajstić information content (AvgIpc) is 2.39. The van der Waals surface area contributed by atoms with E-state index in [-0.39, 0.29) is 0 Å². The summed E-state index contributed by atoms with van der Waals surface area (Å²) < 4.78 is 5.16. The summed E-state index contributed by atoms with van der Waals surface area (Å²) in [5.74, 6) is 0.0110. The van der Waals surface area contributed by atoms with E-state index < -0.39 is 5.91 Å². The van der Waals surface area contributed by atoms with E-state index in [0.29, 0.717) is 11.3 Å². The minimum Gasteiger partial charge on any atom is -0.496 e. The Balaban J connectivity index is 2.67. The fourth-order valence-electron chi connectivity index (χ4n) is 1.90. The Kier molecular flexibility index (Phi) is 3.33. The predicted octanol–water partition coefficient (Wildman–Crippen LogP) is 2.57. The molecule has 0 fully saturated rings. The highest BCUT2D eigenvalue weighted by Gasteiger charge is 2.13. The quantitative estimate of drug-likeness (QED) is 0.896. The van der Waals surface area contributed by atoms with Gasteiger partial charge in [0, 0.05) is 6.07 Å². The minimum absolute atomic E-state index is 0.369. The third-order valence-electron chi connectivity index (χ3n) is 2.85. The van der Waals surface area contributed by atoms with Crippen LogP contribution in [0.3, 0.4) is 0 Å². The SMILES string of the molecule is COc1[c]c(C(N)=O)c(C)c(-c2ccccc2)c1. The highest BCUT2D eigenvalue weighted by molar-refractivity contribution is 5.96. The fraction of sp³-hybridized carbons (Fsp3) is 0.133. The highest BCUT2D eigenvalue weighted by atomic mass is 16.5. The maximum atomic E-state index is 11.4. The number of carbonyl (C=O) groups excluding carboxylic acids is 1. The van der Waals surface area contributed by atoms with E-state index in [9.17, 15) is 4.79 Å². The molecule has 0 atom stereocenters. The second-order valence-electron chi connectivity index (χ2n) is 3.98. The summed E-state index contributed by atoms with van der Waals surface area (Å²) in [5.41, 5.74) is 8.49. The molecule has 91 valence electrons. The van der Waals surface area contributed by atoms with Crippen LogP contribution in [0.1, 0.15) is 15.9 Å². The van der Waals surface area contributed by atoms with Crippen LogP contribution in [0.25, 0.3) is 11.1 Å². The highest BCUT2D eigenvalue weighted by Crippen LogP contribution is 2.29. The molecule has 0 aliphatic carbocycles. The van der Waals surface area contributed by atoms with Gasteiger partial charge in [0.1, 0.15) is 5.75 Å². The Hall–Kier alpha value is -2.29. The van der Waals surface area contributed by atoms with Crippen molar-refractivity contribution in [2.75, 3.05) is 7.11 Å². The first-order chi connectivity index (χ1) is 8.63. The number of methoxy groups -OCH3 is 1. The number of benzene rings is 2. The lowest BCUT2D eigenvalue weighted by Crippen LogP contribution is -2.13. The van der Waals surface area contributed by atoms with E-state index in [1.165, 1.54) is 0 Å². The van der Waals surface area contributed by atoms with Crippen LogP contribution in [-0.4, -0.2) is 13.0 Å². The summed E-state index contributed by atoms with van der Waals surface area (Å²) in [6.07, 6.45) is 0. The van der Waals surface area contributed by atoms with E-state index in [4.69, 9.17) is 10.5 Å². The van der Waals surface area contributed by atoms with Gasteiger partial charge in [0.2, 0.25) is 5.91 Å². The molecule has 2 rings (SSSR count). The average molecular weight is 240 g/mol. The molecule has 0 aromatic heterocycles. The van der Waals surface area contributed by atoms with Gasteiger partial charge in [-0.1, -0.05) is 30.3 Å². The molecular formula is C15H14NO2. The molecule has 2 aromatic rings. The monoisotopic (exact) mass is 240 g/mol. The molecular weight excluding hydrogens is 226 g/mol. The van der Waals surface area contributed by atoms with Crippen molar-refractivity contribution in [2.24, 2.45) is 5.73 Å². The van der Waals surface area contributed by atoms with E-state index in [2.05, 4.69) is 6.07 Å². The van der Waals surface area contributed by atoms with Gasteiger partial charge >= 0.3 is 0 Å². The normalized spacial score (nSPS) is 10.1. The number of primary amides is 1. The van der Waals surface area contributed by atoms with Crippen molar-refractivity contribution in [1.29, 1.82) is 0 Å². The molecule has 0 bridgehead atoms. The molecule has 0 aliphatic rings. The van der Waals surface area contributed by atoms with Crippen LogP contribution >= 0.6 is 0 Å². The first kappa shape index (κ1) is 12.2. The maximum absolute atomic E-state index is 11.4. The van der Waals surface area contributed by atoms with Crippen LogP contribution < -0.4 is 10.5 Å². The Labute approximate surface area is 106 Å². The van der Waals surface area contributed by atoms with Gasteiger partial charge in [0.25, 0.3) is 0 Å². The number of ether oxygens (including phenoxy) is 1. The van der Waals surface area contributed by atoms with Crippen LogP contribution in [0.2, 0.25) is 0 Å². The van der Waals surface area contributed by atoms with Crippen LogP contribution in [-0.2, 0) is 0 Å². The molecule has 18 heavy (non-hydrogen) atoms. The van der Waals surface area contributed by atoms with Gasteiger partial charge < -0.3 is 10.5 Å². The zero-order valence-electron chi connectivity index (χ0n) is 10.4. The topological polar surface area (TPSA) is 52.3 Å². The molecule has 0 unspecified atom stereocenters. The Morgan fingerprint density at radius 3 is 2.50 bits per heavy atom. The number of carbonyl (C=O) groups is 1. The second kappa shape index (κ2) is 4.92. The van der Waals surface area contributed by atoms with Crippen LogP contribution in [0, 0.1) is 13.0 Å². The summed E-state index contributed by atoms with van der Waals surface area (Å²) in [4.78, 5) is 11.4. The van der Waals surface area contributed by atoms with E-state index in [1.807, 2.05) is 43.3 Å². The van der Waals surface area contributed by atoms with Crippen molar-refractivity contribution >= 4 is 5.91 Å². The minimum atomic E-state index is -0.497. The lowest BCUT2D eigenvalue weighted by atomic mass is 9.95. The first-order valence-electron chi connectivity index (χ1n) is 5.59. The van der Waals surface area contributed by atoms with Crippen LogP contribution in [0.4, 0.5) is 0 Å². The van der Waals surface area contributed by atoms with Crippen molar-refractivity contribution < 1.29 is 9.53 Å². The number of hydrogen-bond donors (Lipinski definition) is 1.